The lowest BCUT2D eigenvalue weighted by atomic mass is 10.0. The third kappa shape index (κ3) is 2.00. The molecule has 2 heterocycles. The Morgan fingerprint density at radius 2 is 2.29 bits per heavy atom. The van der Waals surface area contributed by atoms with Crippen LogP contribution in [0.4, 0.5) is 0 Å². The molecule has 17 heavy (non-hydrogen) atoms. The number of aromatic nitrogens is 2. The summed E-state index contributed by atoms with van der Waals surface area (Å²) in [6.45, 7) is 3.98. The summed E-state index contributed by atoms with van der Waals surface area (Å²) in [5, 5.41) is 9.78. The summed E-state index contributed by atoms with van der Waals surface area (Å²) >= 11 is 5.88. The van der Waals surface area contributed by atoms with Crippen LogP contribution in [-0.4, -0.2) is 20.5 Å². The molecule has 0 saturated heterocycles. The number of hydrogen-bond acceptors (Lipinski definition) is 2. The SMILES string of the molecule is CCC(C)c1nc2ccc(Cl)cn2c1C(=O)O. The molecule has 0 spiro atoms. The summed E-state index contributed by atoms with van der Waals surface area (Å²) < 4.78 is 1.53. The van der Waals surface area contributed by atoms with Crippen LogP contribution in [0.3, 0.4) is 0 Å². The molecule has 0 fully saturated rings. The van der Waals surface area contributed by atoms with Crippen LogP contribution in [0.15, 0.2) is 18.3 Å². The first kappa shape index (κ1) is 11.9. The molecule has 4 nitrogen and oxygen atoms in total. The van der Waals surface area contributed by atoms with Gasteiger partial charge in [0.25, 0.3) is 0 Å². The van der Waals surface area contributed by atoms with Gasteiger partial charge < -0.3 is 5.11 Å². The zero-order valence-corrected chi connectivity index (χ0v) is 10.4. The Morgan fingerprint density at radius 3 is 2.88 bits per heavy atom. The molecule has 90 valence electrons. The molecular weight excluding hydrogens is 240 g/mol. The van der Waals surface area contributed by atoms with E-state index in [1.807, 2.05) is 13.8 Å². The number of imidazole rings is 1. The Hall–Kier alpha value is -1.55. The molecule has 0 amide bonds. The number of carbonyl (C=O) groups is 1. The molecule has 1 unspecified atom stereocenters. The highest BCUT2D eigenvalue weighted by atomic mass is 35.5. The van der Waals surface area contributed by atoms with Gasteiger partial charge in [-0.25, -0.2) is 9.78 Å². The summed E-state index contributed by atoms with van der Waals surface area (Å²) in [5.74, 6) is -0.866. The number of rotatable bonds is 3. The zero-order valence-electron chi connectivity index (χ0n) is 9.64. The second-order valence-corrected chi connectivity index (χ2v) is 4.47. The molecule has 1 N–H and O–H groups in total. The van der Waals surface area contributed by atoms with Crippen LogP contribution in [0, 0.1) is 0 Å². The molecule has 0 aromatic carbocycles. The molecule has 5 heteroatoms. The van der Waals surface area contributed by atoms with E-state index in [0.29, 0.717) is 16.4 Å². The van der Waals surface area contributed by atoms with Crippen molar-refractivity contribution in [2.45, 2.75) is 26.2 Å². The van der Waals surface area contributed by atoms with Crippen molar-refractivity contribution in [1.82, 2.24) is 9.38 Å². The van der Waals surface area contributed by atoms with Gasteiger partial charge >= 0.3 is 5.97 Å². The van der Waals surface area contributed by atoms with Crippen LogP contribution >= 0.6 is 11.6 Å². The topological polar surface area (TPSA) is 54.6 Å². The van der Waals surface area contributed by atoms with Gasteiger partial charge in [-0.3, -0.25) is 4.40 Å². The maximum absolute atomic E-state index is 11.3. The highest BCUT2D eigenvalue weighted by Gasteiger charge is 2.21. The summed E-state index contributed by atoms with van der Waals surface area (Å²) in [7, 11) is 0. The monoisotopic (exact) mass is 252 g/mol. The molecule has 0 aliphatic carbocycles. The number of aromatic carboxylic acids is 1. The molecule has 0 radical (unpaired) electrons. The van der Waals surface area contributed by atoms with Crippen LogP contribution in [0.1, 0.15) is 42.4 Å². The predicted molar refractivity (Wildman–Crippen MR) is 65.9 cm³/mol. The molecule has 2 aromatic rings. The van der Waals surface area contributed by atoms with Crippen molar-refractivity contribution in [3.05, 3.63) is 34.7 Å². The maximum Gasteiger partial charge on any atom is 0.354 e. The second-order valence-electron chi connectivity index (χ2n) is 4.04. The molecule has 0 saturated carbocycles. The normalized spacial score (nSPS) is 12.9. The Labute approximate surface area is 104 Å². The van der Waals surface area contributed by atoms with Gasteiger partial charge in [0, 0.05) is 12.1 Å². The van der Waals surface area contributed by atoms with E-state index >= 15 is 0 Å². The fourth-order valence-corrected chi connectivity index (χ4v) is 1.95. The van der Waals surface area contributed by atoms with Crippen molar-refractivity contribution < 1.29 is 9.90 Å². The van der Waals surface area contributed by atoms with Crippen molar-refractivity contribution >= 4 is 23.2 Å². The summed E-state index contributed by atoms with van der Waals surface area (Å²) in [6.07, 6.45) is 2.43. The average molecular weight is 253 g/mol. The van der Waals surface area contributed by atoms with Gasteiger partial charge in [0.2, 0.25) is 0 Å². The van der Waals surface area contributed by atoms with Gasteiger partial charge in [-0.1, -0.05) is 25.4 Å². The quantitative estimate of drug-likeness (QED) is 0.913. The Kier molecular flexibility index (Phi) is 3.07. The Bertz CT molecular complexity index is 577. The van der Waals surface area contributed by atoms with Crippen molar-refractivity contribution in [3.63, 3.8) is 0 Å². The number of carboxylic acid groups (broad SMARTS) is 1. The van der Waals surface area contributed by atoms with Crippen molar-refractivity contribution in [2.75, 3.05) is 0 Å². The molecule has 0 aliphatic rings. The average Bonchev–Trinajstić information content (AvgIpc) is 2.66. The van der Waals surface area contributed by atoms with Gasteiger partial charge in [0.05, 0.1) is 10.7 Å². The number of fused-ring (bicyclic) bond motifs is 1. The van der Waals surface area contributed by atoms with Crippen molar-refractivity contribution in [3.8, 4) is 0 Å². The third-order valence-corrected chi connectivity index (χ3v) is 3.11. The van der Waals surface area contributed by atoms with E-state index in [1.54, 1.807) is 18.3 Å². The molecule has 0 aliphatic heterocycles. The van der Waals surface area contributed by atoms with E-state index in [0.717, 1.165) is 6.42 Å². The van der Waals surface area contributed by atoms with Crippen LogP contribution in [0.2, 0.25) is 5.02 Å². The number of hydrogen-bond donors (Lipinski definition) is 1. The number of carboxylic acids is 1. The Balaban J connectivity index is 2.76. The molecule has 1 atom stereocenters. The van der Waals surface area contributed by atoms with Crippen molar-refractivity contribution in [1.29, 1.82) is 0 Å². The van der Waals surface area contributed by atoms with Gasteiger partial charge in [0.1, 0.15) is 5.65 Å². The molecule has 2 rings (SSSR count). The van der Waals surface area contributed by atoms with Crippen molar-refractivity contribution in [2.24, 2.45) is 0 Å². The largest absolute Gasteiger partial charge is 0.477 e. The highest BCUT2D eigenvalue weighted by Crippen LogP contribution is 2.24. The highest BCUT2D eigenvalue weighted by molar-refractivity contribution is 6.30. The number of nitrogens with zero attached hydrogens (tertiary/aromatic N) is 2. The summed E-state index contributed by atoms with van der Waals surface area (Å²) in [4.78, 5) is 15.7. The number of halogens is 1. The van der Waals surface area contributed by atoms with Gasteiger partial charge in [0.15, 0.2) is 5.69 Å². The fraction of sp³-hybridized carbons (Fsp3) is 0.333. The first-order valence-corrected chi connectivity index (χ1v) is 5.83. The van der Waals surface area contributed by atoms with Crippen LogP contribution in [0.25, 0.3) is 5.65 Å². The van der Waals surface area contributed by atoms with Crippen LogP contribution < -0.4 is 0 Å². The minimum absolute atomic E-state index is 0.111. The van der Waals surface area contributed by atoms with Gasteiger partial charge in [-0.15, -0.1) is 0 Å². The minimum atomic E-state index is -0.977. The fourth-order valence-electron chi connectivity index (χ4n) is 1.79. The molecule has 2 aromatic heterocycles. The van der Waals surface area contributed by atoms with Gasteiger partial charge in [-0.05, 0) is 18.6 Å². The zero-order chi connectivity index (χ0) is 12.6. The molecular formula is C12H13ClN2O2. The van der Waals surface area contributed by atoms with E-state index in [9.17, 15) is 9.90 Å². The lowest BCUT2D eigenvalue weighted by Crippen LogP contribution is -2.07. The first-order chi connectivity index (χ1) is 8.04. The maximum atomic E-state index is 11.3. The summed E-state index contributed by atoms with van der Waals surface area (Å²) in [6, 6.07) is 3.43. The van der Waals surface area contributed by atoms with Crippen LogP contribution in [-0.2, 0) is 0 Å². The van der Waals surface area contributed by atoms with E-state index in [1.165, 1.54) is 4.40 Å². The van der Waals surface area contributed by atoms with E-state index in [4.69, 9.17) is 11.6 Å². The Morgan fingerprint density at radius 1 is 1.59 bits per heavy atom. The smallest absolute Gasteiger partial charge is 0.354 e. The minimum Gasteiger partial charge on any atom is -0.477 e. The summed E-state index contributed by atoms with van der Waals surface area (Å²) in [5.41, 5.74) is 1.43. The first-order valence-electron chi connectivity index (χ1n) is 5.45. The van der Waals surface area contributed by atoms with Gasteiger partial charge in [-0.2, -0.15) is 0 Å². The predicted octanol–water partition coefficient (Wildman–Crippen LogP) is 3.20. The number of pyridine rings is 1. The van der Waals surface area contributed by atoms with E-state index < -0.39 is 5.97 Å². The van der Waals surface area contributed by atoms with Crippen LogP contribution in [0.5, 0.6) is 0 Å². The van der Waals surface area contributed by atoms with E-state index in [2.05, 4.69) is 4.98 Å². The standard InChI is InChI=1S/C12H13ClN2O2/c1-3-7(2)10-11(12(16)17)15-6-8(13)4-5-9(15)14-10/h4-7H,3H2,1-2H3,(H,16,17). The molecule has 0 bridgehead atoms. The second kappa shape index (κ2) is 4.37. The third-order valence-electron chi connectivity index (χ3n) is 2.89. The lowest BCUT2D eigenvalue weighted by Gasteiger charge is -2.05. The lowest BCUT2D eigenvalue weighted by molar-refractivity contribution is 0.0687. The van der Waals surface area contributed by atoms with E-state index in [-0.39, 0.29) is 11.6 Å².